The molecule has 0 fully saturated rings. The molecular weight excluding hydrogens is 304 g/mol. The van der Waals surface area contributed by atoms with Crippen molar-refractivity contribution >= 4 is 5.91 Å². The number of carbonyl (C=O) groups excluding carboxylic acids is 1. The van der Waals surface area contributed by atoms with Crippen molar-refractivity contribution in [2.24, 2.45) is 0 Å². The van der Waals surface area contributed by atoms with E-state index in [0.717, 1.165) is 17.7 Å². The van der Waals surface area contributed by atoms with E-state index in [1.165, 1.54) is 0 Å². The molecule has 2 aromatic heterocycles. The van der Waals surface area contributed by atoms with Gasteiger partial charge in [-0.2, -0.15) is 5.10 Å². The van der Waals surface area contributed by atoms with Crippen molar-refractivity contribution in [3.05, 3.63) is 71.7 Å². The van der Waals surface area contributed by atoms with Gasteiger partial charge in [-0.25, -0.2) is 4.98 Å². The maximum absolute atomic E-state index is 12.6. The van der Waals surface area contributed by atoms with Gasteiger partial charge in [-0.05, 0) is 18.2 Å². The number of fused-ring (bicyclic) bond motifs is 1. The molecule has 0 saturated carbocycles. The molecule has 3 aromatic rings. The smallest absolute Gasteiger partial charge is 0.255 e. The number of para-hydroxylation sites is 1. The van der Waals surface area contributed by atoms with Gasteiger partial charge in [0.15, 0.2) is 0 Å². The first-order valence-corrected chi connectivity index (χ1v) is 7.79. The number of benzene rings is 1. The standard InChI is InChI=1S/C18H16N4O2/c23-18(22-9-8-16-14(12-22)11-20-21-16)13-6-7-17(19-10-13)24-15-4-2-1-3-5-15/h1-7,10-11H,8-9,12H2,(H,20,21). The first kappa shape index (κ1) is 14.4. The van der Waals surface area contributed by atoms with Gasteiger partial charge >= 0.3 is 0 Å². The van der Waals surface area contributed by atoms with E-state index < -0.39 is 0 Å². The largest absolute Gasteiger partial charge is 0.439 e. The van der Waals surface area contributed by atoms with E-state index in [1.54, 1.807) is 24.5 Å². The maximum Gasteiger partial charge on any atom is 0.255 e. The van der Waals surface area contributed by atoms with Gasteiger partial charge in [0, 0.05) is 43.0 Å². The zero-order valence-corrected chi connectivity index (χ0v) is 13.0. The summed E-state index contributed by atoms with van der Waals surface area (Å²) in [6.07, 6.45) is 4.14. The Balaban J connectivity index is 1.46. The van der Waals surface area contributed by atoms with Crippen molar-refractivity contribution in [3.8, 4) is 11.6 Å². The summed E-state index contributed by atoms with van der Waals surface area (Å²) in [5, 5.41) is 7.00. The van der Waals surface area contributed by atoms with Crippen molar-refractivity contribution < 1.29 is 9.53 Å². The Labute approximate surface area is 139 Å². The monoisotopic (exact) mass is 320 g/mol. The fourth-order valence-electron chi connectivity index (χ4n) is 2.75. The van der Waals surface area contributed by atoms with Gasteiger partial charge in [0.2, 0.25) is 5.88 Å². The zero-order valence-electron chi connectivity index (χ0n) is 13.0. The molecule has 0 radical (unpaired) electrons. The molecule has 6 heteroatoms. The number of hydrogen-bond donors (Lipinski definition) is 1. The Morgan fingerprint density at radius 2 is 2.00 bits per heavy atom. The summed E-state index contributed by atoms with van der Waals surface area (Å²) < 4.78 is 5.65. The number of ether oxygens (including phenoxy) is 1. The van der Waals surface area contributed by atoms with Crippen LogP contribution >= 0.6 is 0 Å². The highest BCUT2D eigenvalue weighted by Gasteiger charge is 2.23. The summed E-state index contributed by atoms with van der Waals surface area (Å²) in [4.78, 5) is 18.7. The lowest BCUT2D eigenvalue weighted by molar-refractivity contribution is 0.0734. The van der Waals surface area contributed by atoms with Gasteiger partial charge in [-0.1, -0.05) is 18.2 Å². The van der Waals surface area contributed by atoms with Gasteiger partial charge in [0.05, 0.1) is 11.8 Å². The molecule has 4 rings (SSSR count). The number of H-pyrrole nitrogens is 1. The molecule has 1 N–H and O–H groups in total. The second kappa shape index (κ2) is 6.16. The Kier molecular flexibility index (Phi) is 3.70. The van der Waals surface area contributed by atoms with E-state index in [0.29, 0.717) is 30.3 Å². The molecule has 0 spiro atoms. The van der Waals surface area contributed by atoms with Crippen molar-refractivity contribution in [1.29, 1.82) is 0 Å². The maximum atomic E-state index is 12.6. The van der Waals surface area contributed by atoms with Crippen LogP contribution in [0, 0.1) is 0 Å². The quantitative estimate of drug-likeness (QED) is 0.805. The number of aromatic amines is 1. The molecule has 0 atom stereocenters. The summed E-state index contributed by atoms with van der Waals surface area (Å²) >= 11 is 0. The summed E-state index contributed by atoms with van der Waals surface area (Å²) in [5.74, 6) is 1.15. The first-order valence-electron chi connectivity index (χ1n) is 7.79. The number of rotatable bonds is 3. The summed E-state index contributed by atoms with van der Waals surface area (Å²) in [6.45, 7) is 1.25. The van der Waals surface area contributed by atoms with Crippen LogP contribution in [0.25, 0.3) is 0 Å². The molecule has 0 aliphatic carbocycles. The van der Waals surface area contributed by atoms with Gasteiger partial charge in [-0.3, -0.25) is 9.89 Å². The fraction of sp³-hybridized carbons (Fsp3) is 0.167. The van der Waals surface area contributed by atoms with E-state index in [-0.39, 0.29) is 5.91 Å². The topological polar surface area (TPSA) is 71.1 Å². The molecule has 120 valence electrons. The first-order chi connectivity index (χ1) is 11.8. The molecule has 3 heterocycles. The number of pyridine rings is 1. The lowest BCUT2D eigenvalue weighted by atomic mass is 10.1. The summed E-state index contributed by atoms with van der Waals surface area (Å²) in [5.41, 5.74) is 2.75. The molecule has 24 heavy (non-hydrogen) atoms. The molecule has 1 aliphatic heterocycles. The number of nitrogens with zero attached hydrogens (tertiary/aromatic N) is 3. The Bertz CT molecular complexity index is 843. The average molecular weight is 320 g/mol. The number of nitrogens with one attached hydrogen (secondary N) is 1. The third kappa shape index (κ3) is 2.86. The van der Waals surface area contributed by atoms with Crippen LogP contribution in [-0.4, -0.2) is 32.5 Å². The molecule has 1 aliphatic rings. The predicted molar refractivity (Wildman–Crippen MR) is 87.8 cm³/mol. The van der Waals surface area contributed by atoms with E-state index in [2.05, 4.69) is 15.2 Å². The van der Waals surface area contributed by atoms with Crippen LogP contribution in [-0.2, 0) is 13.0 Å². The van der Waals surface area contributed by atoms with Crippen molar-refractivity contribution in [1.82, 2.24) is 20.1 Å². The molecular formula is C18H16N4O2. The molecule has 1 amide bonds. The van der Waals surface area contributed by atoms with Gasteiger partial charge < -0.3 is 9.64 Å². The highest BCUT2D eigenvalue weighted by molar-refractivity contribution is 5.94. The van der Waals surface area contributed by atoms with Crippen molar-refractivity contribution in [3.63, 3.8) is 0 Å². The van der Waals surface area contributed by atoms with Crippen LogP contribution in [0.15, 0.2) is 54.9 Å². The van der Waals surface area contributed by atoms with Gasteiger partial charge in [0.25, 0.3) is 5.91 Å². The van der Waals surface area contributed by atoms with Crippen LogP contribution in [0.1, 0.15) is 21.6 Å². The van der Waals surface area contributed by atoms with Crippen molar-refractivity contribution in [2.75, 3.05) is 6.54 Å². The van der Waals surface area contributed by atoms with Crippen LogP contribution in [0.5, 0.6) is 11.6 Å². The van der Waals surface area contributed by atoms with E-state index in [1.807, 2.05) is 35.2 Å². The van der Waals surface area contributed by atoms with E-state index >= 15 is 0 Å². The van der Waals surface area contributed by atoms with Crippen LogP contribution < -0.4 is 4.74 Å². The van der Waals surface area contributed by atoms with E-state index in [9.17, 15) is 4.79 Å². The minimum Gasteiger partial charge on any atom is -0.439 e. The highest BCUT2D eigenvalue weighted by atomic mass is 16.5. The molecule has 6 nitrogen and oxygen atoms in total. The number of amides is 1. The van der Waals surface area contributed by atoms with Crippen LogP contribution in [0.2, 0.25) is 0 Å². The van der Waals surface area contributed by atoms with E-state index in [4.69, 9.17) is 4.74 Å². The average Bonchev–Trinajstić information content (AvgIpc) is 3.10. The third-order valence-corrected chi connectivity index (χ3v) is 4.04. The molecule has 1 aromatic carbocycles. The van der Waals surface area contributed by atoms with Crippen LogP contribution in [0.3, 0.4) is 0 Å². The highest BCUT2D eigenvalue weighted by Crippen LogP contribution is 2.21. The summed E-state index contributed by atoms with van der Waals surface area (Å²) in [6, 6.07) is 12.9. The number of aromatic nitrogens is 3. The zero-order chi connectivity index (χ0) is 16.4. The molecule has 0 bridgehead atoms. The van der Waals surface area contributed by atoms with Gasteiger partial charge in [-0.15, -0.1) is 0 Å². The summed E-state index contributed by atoms with van der Waals surface area (Å²) in [7, 11) is 0. The fourth-order valence-corrected chi connectivity index (χ4v) is 2.75. The van der Waals surface area contributed by atoms with Gasteiger partial charge in [0.1, 0.15) is 5.75 Å². The SMILES string of the molecule is O=C(c1ccc(Oc2ccccc2)nc1)N1CCc2[nH]ncc2C1. The number of hydrogen-bond acceptors (Lipinski definition) is 4. The Morgan fingerprint density at radius 3 is 2.79 bits per heavy atom. The second-order valence-corrected chi connectivity index (χ2v) is 5.65. The third-order valence-electron chi connectivity index (χ3n) is 4.04. The second-order valence-electron chi connectivity index (χ2n) is 5.65. The van der Waals surface area contributed by atoms with Crippen LogP contribution in [0.4, 0.5) is 0 Å². The minimum absolute atomic E-state index is 0.0272. The normalized spacial score (nSPS) is 13.4. The Morgan fingerprint density at radius 1 is 1.12 bits per heavy atom. The van der Waals surface area contributed by atoms with Crippen molar-refractivity contribution in [2.45, 2.75) is 13.0 Å². The molecule has 0 unspecified atom stereocenters. The molecule has 0 saturated heterocycles. The lowest BCUT2D eigenvalue weighted by Crippen LogP contribution is -2.35. The number of carbonyl (C=O) groups is 1. The lowest BCUT2D eigenvalue weighted by Gasteiger charge is -2.26. The Hall–Kier alpha value is -3.15. The predicted octanol–water partition coefficient (Wildman–Crippen LogP) is 2.80. The minimum atomic E-state index is -0.0272.